The van der Waals surface area contributed by atoms with E-state index in [4.69, 9.17) is 0 Å². The fraction of sp³-hybridized carbons (Fsp3) is 0.389. The zero-order valence-corrected chi connectivity index (χ0v) is 12.3. The van der Waals surface area contributed by atoms with E-state index in [1.807, 2.05) is 30.3 Å². The third-order valence-electron chi connectivity index (χ3n) is 4.54. The van der Waals surface area contributed by atoms with E-state index in [1.165, 1.54) is 19.3 Å². The van der Waals surface area contributed by atoms with E-state index in [-0.39, 0.29) is 0 Å². The molecule has 1 aliphatic carbocycles. The molecule has 2 atom stereocenters. The van der Waals surface area contributed by atoms with Crippen molar-refractivity contribution in [2.45, 2.75) is 26.2 Å². The van der Waals surface area contributed by atoms with Crippen molar-refractivity contribution in [2.24, 2.45) is 11.8 Å². The topological polar surface area (TPSA) is 49.3 Å². The van der Waals surface area contributed by atoms with Crippen LogP contribution in [0.5, 0.6) is 0 Å². The molecular weight excluding hydrogens is 262 g/mol. The van der Waals surface area contributed by atoms with Gasteiger partial charge in [0.2, 0.25) is 0 Å². The van der Waals surface area contributed by atoms with Crippen LogP contribution in [0.4, 0.5) is 5.69 Å². The first-order valence-electron chi connectivity index (χ1n) is 7.64. The number of benzene rings is 2. The maximum Gasteiger partial charge on any atom is 0.336 e. The Hall–Kier alpha value is -2.03. The van der Waals surface area contributed by atoms with Crippen molar-refractivity contribution in [1.82, 2.24) is 0 Å². The first-order valence-corrected chi connectivity index (χ1v) is 7.64. The van der Waals surface area contributed by atoms with Gasteiger partial charge in [0.25, 0.3) is 0 Å². The lowest BCUT2D eigenvalue weighted by Crippen LogP contribution is -2.12. The van der Waals surface area contributed by atoms with Crippen LogP contribution in [0.25, 0.3) is 10.8 Å². The van der Waals surface area contributed by atoms with Crippen LogP contribution in [-0.2, 0) is 0 Å². The number of rotatable bonds is 4. The lowest BCUT2D eigenvalue weighted by atomic mass is 10.0. The maximum absolute atomic E-state index is 11.3. The van der Waals surface area contributed by atoms with Gasteiger partial charge in [0.15, 0.2) is 0 Å². The van der Waals surface area contributed by atoms with E-state index >= 15 is 0 Å². The first kappa shape index (κ1) is 13.9. The highest BCUT2D eigenvalue weighted by atomic mass is 16.4. The van der Waals surface area contributed by atoms with E-state index in [1.54, 1.807) is 6.07 Å². The van der Waals surface area contributed by atoms with Crippen molar-refractivity contribution in [1.29, 1.82) is 0 Å². The highest BCUT2D eigenvalue weighted by Gasteiger charge is 2.21. The summed E-state index contributed by atoms with van der Waals surface area (Å²) < 4.78 is 0. The van der Waals surface area contributed by atoms with Gasteiger partial charge < -0.3 is 10.4 Å². The van der Waals surface area contributed by atoms with E-state index in [9.17, 15) is 9.90 Å². The molecule has 110 valence electrons. The molecule has 1 saturated carbocycles. The number of carboxylic acids is 1. The predicted octanol–water partition coefficient (Wildman–Crippen LogP) is 4.39. The Kier molecular flexibility index (Phi) is 3.82. The first-order chi connectivity index (χ1) is 10.1. The van der Waals surface area contributed by atoms with Crippen molar-refractivity contribution < 1.29 is 9.90 Å². The van der Waals surface area contributed by atoms with Gasteiger partial charge in [-0.3, -0.25) is 0 Å². The molecule has 2 aromatic carbocycles. The molecule has 0 aromatic heterocycles. The van der Waals surface area contributed by atoms with Gasteiger partial charge in [-0.25, -0.2) is 4.79 Å². The monoisotopic (exact) mass is 283 g/mol. The normalized spacial score (nSPS) is 21.6. The molecule has 3 heteroatoms. The Labute approximate surface area is 125 Å². The number of nitrogens with one attached hydrogen (secondary N) is 1. The van der Waals surface area contributed by atoms with Crippen molar-refractivity contribution in [3.8, 4) is 0 Å². The second-order valence-corrected chi connectivity index (χ2v) is 6.18. The Balaban J connectivity index is 1.86. The SMILES string of the molecule is CC1CCC(CNc2ccc(C(=O)O)c3ccccc23)C1. The second-order valence-electron chi connectivity index (χ2n) is 6.18. The molecule has 0 spiro atoms. The molecular formula is C18H21NO2. The molecule has 0 saturated heterocycles. The molecule has 21 heavy (non-hydrogen) atoms. The summed E-state index contributed by atoms with van der Waals surface area (Å²) in [6.45, 7) is 3.29. The van der Waals surface area contributed by atoms with Gasteiger partial charge in [-0.2, -0.15) is 0 Å². The lowest BCUT2D eigenvalue weighted by Gasteiger charge is -2.15. The third-order valence-corrected chi connectivity index (χ3v) is 4.54. The minimum absolute atomic E-state index is 0.366. The molecule has 0 aliphatic heterocycles. The highest BCUT2D eigenvalue weighted by molar-refractivity contribution is 6.07. The summed E-state index contributed by atoms with van der Waals surface area (Å²) in [6, 6.07) is 11.3. The van der Waals surface area contributed by atoms with Gasteiger partial charge in [0.05, 0.1) is 5.56 Å². The van der Waals surface area contributed by atoms with Crippen LogP contribution in [0.2, 0.25) is 0 Å². The van der Waals surface area contributed by atoms with Crippen LogP contribution in [0.15, 0.2) is 36.4 Å². The van der Waals surface area contributed by atoms with Gasteiger partial charge in [0.1, 0.15) is 0 Å². The molecule has 3 rings (SSSR count). The number of aromatic carboxylic acids is 1. The van der Waals surface area contributed by atoms with E-state index in [0.717, 1.165) is 34.8 Å². The Morgan fingerprint density at radius 2 is 1.95 bits per heavy atom. The van der Waals surface area contributed by atoms with Crippen molar-refractivity contribution in [3.05, 3.63) is 42.0 Å². The Bertz CT molecular complexity index is 665. The summed E-state index contributed by atoms with van der Waals surface area (Å²) in [5.41, 5.74) is 1.40. The summed E-state index contributed by atoms with van der Waals surface area (Å²) >= 11 is 0. The summed E-state index contributed by atoms with van der Waals surface area (Å²) in [5, 5.41) is 14.6. The van der Waals surface area contributed by atoms with Gasteiger partial charge in [-0.1, -0.05) is 37.6 Å². The summed E-state index contributed by atoms with van der Waals surface area (Å²) in [7, 11) is 0. The van der Waals surface area contributed by atoms with Crippen molar-refractivity contribution >= 4 is 22.4 Å². The lowest BCUT2D eigenvalue weighted by molar-refractivity contribution is 0.0699. The van der Waals surface area contributed by atoms with Crippen molar-refractivity contribution in [3.63, 3.8) is 0 Å². The predicted molar refractivity (Wildman–Crippen MR) is 85.9 cm³/mol. The fourth-order valence-corrected chi connectivity index (χ4v) is 3.40. The van der Waals surface area contributed by atoms with Crippen LogP contribution in [0, 0.1) is 11.8 Å². The Morgan fingerprint density at radius 3 is 2.62 bits per heavy atom. The molecule has 0 bridgehead atoms. The molecule has 1 fully saturated rings. The Morgan fingerprint density at radius 1 is 1.19 bits per heavy atom. The van der Waals surface area contributed by atoms with Gasteiger partial charge in [-0.05, 0) is 42.2 Å². The van der Waals surface area contributed by atoms with Gasteiger partial charge in [0, 0.05) is 17.6 Å². The number of carbonyl (C=O) groups is 1. The average Bonchev–Trinajstić information content (AvgIpc) is 2.90. The molecule has 0 radical (unpaired) electrons. The second kappa shape index (κ2) is 5.76. The fourth-order valence-electron chi connectivity index (χ4n) is 3.40. The smallest absolute Gasteiger partial charge is 0.336 e. The molecule has 1 aliphatic rings. The zero-order valence-electron chi connectivity index (χ0n) is 12.3. The molecule has 2 N–H and O–H groups in total. The number of hydrogen-bond acceptors (Lipinski definition) is 2. The van der Waals surface area contributed by atoms with E-state index < -0.39 is 5.97 Å². The number of fused-ring (bicyclic) bond motifs is 1. The quantitative estimate of drug-likeness (QED) is 0.875. The molecule has 3 nitrogen and oxygen atoms in total. The minimum Gasteiger partial charge on any atom is -0.478 e. The average molecular weight is 283 g/mol. The van der Waals surface area contributed by atoms with E-state index in [0.29, 0.717) is 5.56 Å². The number of carboxylic acid groups (broad SMARTS) is 1. The van der Waals surface area contributed by atoms with Gasteiger partial charge in [-0.15, -0.1) is 0 Å². The maximum atomic E-state index is 11.3. The summed E-state index contributed by atoms with van der Waals surface area (Å²) in [5.74, 6) is 0.697. The molecule has 0 heterocycles. The molecule has 2 unspecified atom stereocenters. The number of anilines is 1. The molecule has 2 aromatic rings. The standard InChI is InChI=1S/C18H21NO2/c1-12-6-7-13(10-12)11-19-17-9-8-16(18(20)21)14-4-2-3-5-15(14)17/h2-5,8-9,12-13,19H,6-7,10-11H2,1H3,(H,20,21). The summed E-state index contributed by atoms with van der Waals surface area (Å²) in [6.07, 6.45) is 3.91. The van der Waals surface area contributed by atoms with Crippen LogP contribution in [0.3, 0.4) is 0 Å². The van der Waals surface area contributed by atoms with Crippen LogP contribution >= 0.6 is 0 Å². The zero-order chi connectivity index (χ0) is 14.8. The van der Waals surface area contributed by atoms with Crippen LogP contribution in [-0.4, -0.2) is 17.6 Å². The van der Waals surface area contributed by atoms with E-state index in [2.05, 4.69) is 12.2 Å². The van der Waals surface area contributed by atoms with Crippen molar-refractivity contribution in [2.75, 3.05) is 11.9 Å². The van der Waals surface area contributed by atoms with Gasteiger partial charge >= 0.3 is 5.97 Å². The third kappa shape index (κ3) is 2.87. The minimum atomic E-state index is -0.873. The highest BCUT2D eigenvalue weighted by Crippen LogP contribution is 2.32. The number of hydrogen-bond donors (Lipinski definition) is 2. The largest absolute Gasteiger partial charge is 0.478 e. The summed E-state index contributed by atoms with van der Waals surface area (Å²) in [4.78, 5) is 11.3. The van der Waals surface area contributed by atoms with Crippen LogP contribution in [0.1, 0.15) is 36.5 Å². The van der Waals surface area contributed by atoms with Crippen LogP contribution < -0.4 is 5.32 Å². The molecule has 0 amide bonds.